The molecule has 0 bridgehead atoms. The van der Waals surface area contributed by atoms with E-state index in [0.29, 0.717) is 36.3 Å². The second-order valence-corrected chi connectivity index (χ2v) is 8.29. The SMILES string of the molecule is O=C(O)C1CSC(C2CC2)N1C(=O)N1CCS(=O)CC1. The number of thioether (sulfide) groups is 1. The molecule has 0 radical (unpaired) electrons. The van der Waals surface area contributed by atoms with Crippen LogP contribution in [-0.4, -0.2) is 72.9 Å². The average molecular weight is 318 g/mol. The van der Waals surface area contributed by atoms with Crippen LogP contribution in [0.4, 0.5) is 4.79 Å². The summed E-state index contributed by atoms with van der Waals surface area (Å²) in [6.45, 7) is 0.937. The zero-order valence-corrected chi connectivity index (χ0v) is 12.7. The van der Waals surface area contributed by atoms with Gasteiger partial charge in [-0.15, -0.1) is 11.8 Å². The molecule has 2 saturated heterocycles. The van der Waals surface area contributed by atoms with E-state index >= 15 is 0 Å². The van der Waals surface area contributed by atoms with Crippen LogP contribution >= 0.6 is 11.8 Å². The quantitative estimate of drug-likeness (QED) is 0.798. The van der Waals surface area contributed by atoms with E-state index in [1.54, 1.807) is 21.6 Å². The summed E-state index contributed by atoms with van der Waals surface area (Å²) in [5.41, 5.74) is 0. The third kappa shape index (κ3) is 2.67. The first-order valence-corrected chi connectivity index (χ1v) is 9.38. The maximum Gasteiger partial charge on any atom is 0.327 e. The van der Waals surface area contributed by atoms with Crippen LogP contribution in [0.2, 0.25) is 0 Å². The lowest BCUT2D eigenvalue weighted by atomic mass is 10.2. The van der Waals surface area contributed by atoms with E-state index in [-0.39, 0.29) is 11.4 Å². The summed E-state index contributed by atoms with van der Waals surface area (Å²) in [4.78, 5) is 27.2. The van der Waals surface area contributed by atoms with Crippen molar-refractivity contribution in [2.45, 2.75) is 24.3 Å². The fraction of sp³-hybridized carbons (Fsp3) is 0.833. The van der Waals surface area contributed by atoms with Crippen molar-refractivity contribution in [1.29, 1.82) is 0 Å². The highest BCUT2D eigenvalue weighted by molar-refractivity contribution is 8.00. The lowest BCUT2D eigenvalue weighted by molar-refractivity contribution is -0.141. The van der Waals surface area contributed by atoms with E-state index in [4.69, 9.17) is 0 Å². The minimum Gasteiger partial charge on any atom is -0.480 e. The van der Waals surface area contributed by atoms with E-state index < -0.39 is 22.8 Å². The largest absolute Gasteiger partial charge is 0.480 e. The van der Waals surface area contributed by atoms with Crippen LogP contribution in [-0.2, 0) is 15.6 Å². The van der Waals surface area contributed by atoms with Crippen molar-refractivity contribution < 1.29 is 18.9 Å². The zero-order chi connectivity index (χ0) is 14.3. The number of hydrogen-bond donors (Lipinski definition) is 1. The van der Waals surface area contributed by atoms with Crippen molar-refractivity contribution in [2.24, 2.45) is 5.92 Å². The third-order valence-corrected chi connectivity index (χ3v) is 6.75. The molecular formula is C12H18N2O4S2. The lowest BCUT2D eigenvalue weighted by Crippen LogP contribution is -2.54. The fourth-order valence-corrected chi connectivity index (χ4v) is 5.37. The van der Waals surface area contributed by atoms with Gasteiger partial charge in [0, 0.05) is 41.1 Å². The molecule has 2 amide bonds. The molecule has 2 aliphatic heterocycles. The Morgan fingerprint density at radius 2 is 1.85 bits per heavy atom. The number of amides is 2. The minimum atomic E-state index is -0.922. The number of carboxylic acid groups (broad SMARTS) is 1. The predicted octanol–water partition coefficient (Wildman–Crippen LogP) is 0.409. The van der Waals surface area contributed by atoms with Crippen molar-refractivity contribution in [2.75, 3.05) is 30.3 Å². The first-order valence-electron chi connectivity index (χ1n) is 6.84. The van der Waals surface area contributed by atoms with Gasteiger partial charge in [-0.3, -0.25) is 9.11 Å². The smallest absolute Gasteiger partial charge is 0.327 e. The van der Waals surface area contributed by atoms with Gasteiger partial charge in [-0.05, 0) is 18.8 Å². The Morgan fingerprint density at radius 1 is 1.20 bits per heavy atom. The van der Waals surface area contributed by atoms with E-state index in [0.717, 1.165) is 12.8 Å². The van der Waals surface area contributed by atoms with Crippen LogP contribution in [0, 0.1) is 5.92 Å². The molecule has 2 heterocycles. The van der Waals surface area contributed by atoms with Gasteiger partial charge in [0.2, 0.25) is 0 Å². The number of carboxylic acids is 1. The summed E-state index contributed by atoms with van der Waals surface area (Å²) in [6, 6.07) is -0.901. The fourth-order valence-electron chi connectivity index (χ4n) is 2.70. The van der Waals surface area contributed by atoms with Crippen LogP contribution in [0.25, 0.3) is 0 Å². The Labute approximate surface area is 124 Å². The third-order valence-electron chi connectivity index (χ3n) is 4.01. The Kier molecular flexibility index (Phi) is 3.94. The van der Waals surface area contributed by atoms with Gasteiger partial charge in [-0.1, -0.05) is 0 Å². The van der Waals surface area contributed by atoms with Crippen LogP contribution in [0.15, 0.2) is 0 Å². The summed E-state index contributed by atoms with van der Waals surface area (Å²) >= 11 is 1.59. The lowest BCUT2D eigenvalue weighted by Gasteiger charge is -2.35. The monoisotopic (exact) mass is 318 g/mol. The molecule has 20 heavy (non-hydrogen) atoms. The standard InChI is InChI=1S/C12H18N2O4S2/c15-11(16)9-7-19-10(8-1-2-8)14(9)12(17)13-3-5-20(18)6-4-13/h8-10H,1-7H2,(H,15,16). The Balaban J connectivity index is 1.74. The molecule has 2 unspecified atom stereocenters. The van der Waals surface area contributed by atoms with Gasteiger partial charge in [-0.25, -0.2) is 9.59 Å². The summed E-state index contributed by atoms with van der Waals surface area (Å²) < 4.78 is 11.4. The topological polar surface area (TPSA) is 77.9 Å². The Bertz CT molecular complexity index is 445. The molecule has 1 aliphatic carbocycles. The predicted molar refractivity (Wildman–Crippen MR) is 77.1 cm³/mol. The highest BCUT2D eigenvalue weighted by Crippen LogP contribution is 2.45. The molecule has 1 saturated carbocycles. The van der Waals surface area contributed by atoms with Gasteiger partial charge >= 0.3 is 12.0 Å². The van der Waals surface area contributed by atoms with Gasteiger partial charge in [0.25, 0.3) is 0 Å². The number of carbonyl (C=O) groups excluding carboxylic acids is 1. The van der Waals surface area contributed by atoms with Crippen LogP contribution in [0.3, 0.4) is 0 Å². The highest BCUT2D eigenvalue weighted by atomic mass is 32.2. The van der Waals surface area contributed by atoms with Gasteiger partial charge in [0.05, 0.1) is 5.37 Å². The summed E-state index contributed by atoms with van der Waals surface area (Å²) in [7, 11) is -0.836. The summed E-state index contributed by atoms with van der Waals surface area (Å²) in [5.74, 6) is 1.00. The second-order valence-electron chi connectivity index (χ2n) is 5.44. The zero-order valence-electron chi connectivity index (χ0n) is 11.1. The number of urea groups is 1. The Morgan fingerprint density at radius 3 is 2.40 bits per heavy atom. The number of rotatable bonds is 2. The van der Waals surface area contributed by atoms with Crippen molar-refractivity contribution in [1.82, 2.24) is 9.80 Å². The first kappa shape index (κ1) is 14.2. The first-order chi connectivity index (χ1) is 9.58. The number of nitrogens with zero attached hydrogens (tertiary/aromatic N) is 2. The average Bonchev–Trinajstić information content (AvgIpc) is 3.17. The normalized spacial score (nSPS) is 31.6. The molecule has 1 N–H and O–H groups in total. The maximum absolute atomic E-state index is 12.6. The van der Waals surface area contributed by atoms with Crippen molar-refractivity contribution in [3.8, 4) is 0 Å². The number of carbonyl (C=O) groups is 2. The van der Waals surface area contributed by atoms with Crippen molar-refractivity contribution >= 4 is 34.6 Å². The van der Waals surface area contributed by atoms with Crippen molar-refractivity contribution in [3.05, 3.63) is 0 Å². The molecule has 3 rings (SSSR count). The number of aliphatic carboxylic acids is 1. The van der Waals surface area contributed by atoms with E-state index in [2.05, 4.69) is 0 Å². The van der Waals surface area contributed by atoms with Gasteiger partial charge < -0.3 is 10.0 Å². The van der Waals surface area contributed by atoms with E-state index in [1.165, 1.54) is 0 Å². The highest BCUT2D eigenvalue weighted by Gasteiger charge is 2.49. The van der Waals surface area contributed by atoms with Crippen molar-refractivity contribution in [3.63, 3.8) is 0 Å². The van der Waals surface area contributed by atoms with Gasteiger partial charge in [-0.2, -0.15) is 0 Å². The van der Waals surface area contributed by atoms with Gasteiger partial charge in [0.1, 0.15) is 6.04 Å². The molecule has 0 aromatic heterocycles. The van der Waals surface area contributed by atoms with Gasteiger partial charge in [0.15, 0.2) is 0 Å². The molecule has 2 atom stereocenters. The molecule has 6 nitrogen and oxygen atoms in total. The number of hydrogen-bond acceptors (Lipinski definition) is 4. The maximum atomic E-state index is 12.6. The summed E-state index contributed by atoms with van der Waals surface area (Å²) in [5, 5.41) is 9.33. The molecule has 3 fully saturated rings. The van der Waals surface area contributed by atoms with E-state index in [9.17, 15) is 18.9 Å². The van der Waals surface area contributed by atoms with E-state index in [1.807, 2.05) is 0 Å². The minimum absolute atomic E-state index is 0.0102. The Hall–Kier alpha value is -0.760. The second kappa shape index (κ2) is 5.55. The molecule has 0 spiro atoms. The van der Waals surface area contributed by atoms with Crippen LogP contribution in [0.5, 0.6) is 0 Å². The van der Waals surface area contributed by atoms with Crippen LogP contribution < -0.4 is 0 Å². The molecule has 0 aromatic rings. The molecule has 3 aliphatic rings. The summed E-state index contributed by atoms with van der Waals surface area (Å²) in [6.07, 6.45) is 2.16. The molecule has 8 heteroatoms. The molecular weight excluding hydrogens is 300 g/mol. The molecule has 112 valence electrons. The van der Waals surface area contributed by atoms with Crippen LogP contribution in [0.1, 0.15) is 12.8 Å². The molecule has 0 aromatic carbocycles.